The number of nitrogens with one attached hydrogen (secondary N) is 2. The van der Waals surface area contributed by atoms with Crippen molar-refractivity contribution in [1.29, 1.82) is 0 Å². The van der Waals surface area contributed by atoms with Crippen LogP contribution >= 0.6 is 0 Å². The standard InChI is InChI=1S/C21H24N2O3/c1-14(2)26-17-12-10-16(11-13-17)20(24)22-23-21(25)19-9-5-7-15-6-3-4-8-18(15)19/h3-4,6,8,10-14,19H,5,7,9H2,1-2H3,(H,22,24)(H,23,25)/t19-/m0/s1. The Hall–Kier alpha value is -2.82. The van der Waals surface area contributed by atoms with E-state index in [0.29, 0.717) is 11.3 Å². The first-order valence-electron chi connectivity index (χ1n) is 8.99. The van der Waals surface area contributed by atoms with E-state index >= 15 is 0 Å². The van der Waals surface area contributed by atoms with Crippen molar-refractivity contribution in [3.8, 4) is 5.75 Å². The van der Waals surface area contributed by atoms with Gasteiger partial charge in [0.15, 0.2) is 0 Å². The molecule has 1 atom stereocenters. The first-order chi connectivity index (χ1) is 12.5. The van der Waals surface area contributed by atoms with Crippen LogP contribution in [-0.4, -0.2) is 17.9 Å². The van der Waals surface area contributed by atoms with E-state index in [-0.39, 0.29) is 23.8 Å². The molecule has 0 spiro atoms. The molecule has 0 radical (unpaired) electrons. The Bertz CT molecular complexity index is 784. The molecule has 0 heterocycles. The maximum Gasteiger partial charge on any atom is 0.269 e. The minimum Gasteiger partial charge on any atom is -0.491 e. The minimum absolute atomic E-state index is 0.0762. The lowest BCUT2D eigenvalue weighted by Crippen LogP contribution is -2.44. The molecule has 0 aliphatic heterocycles. The fourth-order valence-electron chi connectivity index (χ4n) is 3.26. The molecule has 0 saturated carbocycles. The molecule has 0 bridgehead atoms. The Labute approximate surface area is 153 Å². The average molecular weight is 352 g/mol. The molecule has 26 heavy (non-hydrogen) atoms. The largest absolute Gasteiger partial charge is 0.491 e. The summed E-state index contributed by atoms with van der Waals surface area (Å²) in [5, 5.41) is 0. The van der Waals surface area contributed by atoms with Crippen LogP contribution in [0, 0.1) is 0 Å². The van der Waals surface area contributed by atoms with Crippen LogP contribution in [0.1, 0.15) is 54.1 Å². The van der Waals surface area contributed by atoms with Crippen LogP contribution < -0.4 is 15.6 Å². The van der Waals surface area contributed by atoms with Crippen molar-refractivity contribution in [3.05, 3.63) is 65.2 Å². The Morgan fingerprint density at radius 2 is 1.77 bits per heavy atom. The summed E-state index contributed by atoms with van der Waals surface area (Å²) in [4.78, 5) is 24.8. The van der Waals surface area contributed by atoms with Crippen LogP contribution in [0.25, 0.3) is 0 Å². The van der Waals surface area contributed by atoms with Gasteiger partial charge in [0, 0.05) is 5.56 Å². The van der Waals surface area contributed by atoms with E-state index in [1.807, 2.05) is 32.0 Å². The molecule has 5 nitrogen and oxygen atoms in total. The highest BCUT2D eigenvalue weighted by atomic mass is 16.5. The molecular formula is C21H24N2O3. The Morgan fingerprint density at radius 1 is 1.04 bits per heavy atom. The van der Waals surface area contributed by atoms with Crippen molar-refractivity contribution >= 4 is 11.8 Å². The van der Waals surface area contributed by atoms with Gasteiger partial charge >= 0.3 is 0 Å². The van der Waals surface area contributed by atoms with Gasteiger partial charge in [-0.05, 0) is 68.5 Å². The summed E-state index contributed by atoms with van der Waals surface area (Å²) >= 11 is 0. The quantitative estimate of drug-likeness (QED) is 0.829. The number of rotatable bonds is 4. The predicted octanol–water partition coefficient (Wildman–Crippen LogP) is 3.35. The van der Waals surface area contributed by atoms with Gasteiger partial charge in [0.25, 0.3) is 5.91 Å². The topological polar surface area (TPSA) is 67.4 Å². The van der Waals surface area contributed by atoms with E-state index in [2.05, 4.69) is 16.9 Å². The second kappa shape index (κ2) is 8.04. The zero-order valence-corrected chi connectivity index (χ0v) is 15.1. The monoisotopic (exact) mass is 352 g/mol. The third kappa shape index (κ3) is 4.23. The molecule has 2 N–H and O–H groups in total. The lowest BCUT2D eigenvalue weighted by atomic mass is 9.82. The first kappa shape index (κ1) is 18.0. The molecule has 0 aromatic heterocycles. The van der Waals surface area contributed by atoms with Crippen LogP contribution in [0.2, 0.25) is 0 Å². The fourth-order valence-corrected chi connectivity index (χ4v) is 3.26. The third-order valence-corrected chi connectivity index (χ3v) is 4.47. The lowest BCUT2D eigenvalue weighted by Gasteiger charge is -2.24. The van der Waals surface area contributed by atoms with Crippen molar-refractivity contribution in [2.24, 2.45) is 0 Å². The smallest absolute Gasteiger partial charge is 0.269 e. The van der Waals surface area contributed by atoms with Gasteiger partial charge in [-0.15, -0.1) is 0 Å². The fraction of sp³-hybridized carbons (Fsp3) is 0.333. The van der Waals surface area contributed by atoms with E-state index in [1.54, 1.807) is 24.3 Å². The van der Waals surface area contributed by atoms with Crippen molar-refractivity contribution in [2.75, 3.05) is 0 Å². The second-order valence-corrected chi connectivity index (χ2v) is 6.78. The molecule has 0 saturated heterocycles. The van der Waals surface area contributed by atoms with Crippen LogP contribution in [0.4, 0.5) is 0 Å². The number of hydrogen-bond acceptors (Lipinski definition) is 3. The highest BCUT2D eigenvalue weighted by Crippen LogP contribution is 2.31. The molecule has 5 heteroatoms. The first-order valence-corrected chi connectivity index (χ1v) is 8.99. The highest BCUT2D eigenvalue weighted by Gasteiger charge is 2.26. The molecule has 0 fully saturated rings. The molecular weight excluding hydrogens is 328 g/mol. The number of carbonyl (C=O) groups excluding carboxylic acids is 2. The summed E-state index contributed by atoms with van der Waals surface area (Å²) in [6.07, 6.45) is 2.84. The van der Waals surface area contributed by atoms with Crippen molar-refractivity contribution in [1.82, 2.24) is 10.9 Å². The normalized spacial score (nSPS) is 15.9. The van der Waals surface area contributed by atoms with Gasteiger partial charge in [-0.3, -0.25) is 20.4 Å². The number of ether oxygens (including phenoxy) is 1. The van der Waals surface area contributed by atoms with Gasteiger partial charge < -0.3 is 4.74 Å². The zero-order valence-electron chi connectivity index (χ0n) is 15.1. The van der Waals surface area contributed by atoms with E-state index in [9.17, 15) is 9.59 Å². The van der Waals surface area contributed by atoms with Gasteiger partial charge in [-0.1, -0.05) is 24.3 Å². The summed E-state index contributed by atoms with van der Waals surface area (Å²) in [7, 11) is 0. The Balaban J connectivity index is 1.59. The Morgan fingerprint density at radius 3 is 2.50 bits per heavy atom. The van der Waals surface area contributed by atoms with Gasteiger partial charge in [0.2, 0.25) is 5.91 Å². The number of hydrogen-bond donors (Lipinski definition) is 2. The summed E-state index contributed by atoms with van der Waals surface area (Å²) in [5.41, 5.74) is 7.81. The van der Waals surface area contributed by atoms with Crippen LogP contribution in [0.15, 0.2) is 48.5 Å². The van der Waals surface area contributed by atoms with E-state index in [4.69, 9.17) is 4.74 Å². The molecule has 2 amide bonds. The van der Waals surface area contributed by atoms with E-state index in [1.165, 1.54) is 5.56 Å². The zero-order chi connectivity index (χ0) is 18.5. The maximum atomic E-state index is 12.5. The van der Waals surface area contributed by atoms with Crippen LogP contribution in [0.3, 0.4) is 0 Å². The van der Waals surface area contributed by atoms with E-state index in [0.717, 1.165) is 24.8 Å². The lowest BCUT2D eigenvalue weighted by molar-refractivity contribution is -0.123. The SMILES string of the molecule is CC(C)Oc1ccc(C(=O)NNC(=O)[C@H]2CCCc3ccccc32)cc1. The van der Waals surface area contributed by atoms with E-state index < -0.39 is 0 Å². The predicted molar refractivity (Wildman–Crippen MR) is 99.9 cm³/mol. The molecule has 3 rings (SSSR count). The average Bonchev–Trinajstić information content (AvgIpc) is 2.65. The number of amides is 2. The molecule has 1 aliphatic rings. The van der Waals surface area contributed by atoms with Gasteiger partial charge in [0.1, 0.15) is 5.75 Å². The van der Waals surface area contributed by atoms with Gasteiger partial charge in [0.05, 0.1) is 12.0 Å². The maximum absolute atomic E-state index is 12.5. The number of carbonyl (C=O) groups is 2. The summed E-state index contributed by atoms with van der Waals surface area (Å²) in [6, 6.07) is 14.8. The molecule has 2 aromatic rings. The van der Waals surface area contributed by atoms with Gasteiger partial charge in [-0.2, -0.15) is 0 Å². The van der Waals surface area contributed by atoms with Crippen molar-refractivity contribution in [3.63, 3.8) is 0 Å². The number of aryl methyl sites for hydroxylation is 1. The Kier molecular flexibility index (Phi) is 5.56. The summed E-state index contributed by atoms with van der Waals surface area (Å²) in [6.45, 7) is 3.89. The molecule has 136 valence electrons. The highest BCUT2D eigenvalue weighted by molar-refractivity contribution is 5.96. The minimum atomic E-state index is -0.349. The molecule has 0 unspecified atom stereocenters. The number of benzene rings is 2. The number of fused-ring (bicyclic) bond motifs is 1. The second-order valence-electron chi connectivity index (χ2n) is 6.78. The molecule has 1 aliphatic carbocycles. The van der Waals surface area contributed by atoms with Crippen LogP contribution in [0.5, 0.6) is 5.75 Å². The van der Waals surface area contributed by atoms with Crippen molar-refractivity contribution < 1.29 is 14.3 Å². The van der Waals surface area contributed by atoms with Crippen LogP contribution in [-0.2, 0) is 11.2 Å². The van der Waals surface area contributed by atoms with Crippen molar-refractivity contribution in [2.45, 2.75) is 45.1 Å². The summed E-state index contributed by atoms with van der Waals surface area (Å²) in [5.74, 6) is -0.0368. The third-order valence-electron chi connectivity index (χ3n) is 4.47. The number of hydrazine groups is 1. The summed E-state index contributed by atoms with van der Waals surface area (Å²) < 4.78 is 5.56. The molecule has 2 aromatic carbocycles. The van der Waals surface area contributed by atoms with Gasteiger partial charge in [-0.25, -0.2) is 0 Å².